The number of hydrogen-bond donors (Lipinski definition) is 1. The van der Waals surface area contributed by atoms with E-state index in [1.807, 2.05) is 23.5 Å². The van der Waals surface area contributed by atoms with E-state index in [1.54, 1.807) is 17.7 Å². The Morgan fingerprint density at radius 3 is 1.52 bits per heavy atom. The lowest BCUT2D eigenvalue weighted by Crippen LogP contribution is -2.30. The lowest BCUT2D eigenvalue weighted by molar-refractivity contribution is 0.0696. The standard InChI is InChI=1S/C90H115N3O3S2/c1-7-13-19-25-28-34-41-64(40-33-24-18-12-6)62-96-68-50-48-66(49-51-68)74-58-78-84-81-70(42-37-43-71(74)81)72-54-55-76-82-75(59-79(85(84)83(72)82)93(78)61-63(38-31-22-16-10-4)39-32-23-17-11-5)88-77(90(76,56-35-29-26-20-14-8-2)57-36-30-27-21-15-9-3)60-80(97-88)73-53-52-69(86-87(73)92-98-91-86)65-44-46-67(47-45-65)89(94)95/h37,42-55,58-60,63-64H,7-36,38-41,56-57,61-62H2,1-6H3,(H,94,95). The van der Waals surface area contributed by atoms with Crippen LogP contribution in [0.2, 0.25) is 0 Å². The highest BCUT2D eigenvalue weighted by Crippen LogP contribution is 2.61. The number of carboxylic acids is 1. The minimum Gasteiger partial charge on any atom is -0.493 e. The van der Waals surface area contributed by atoms with Crippen LogP contribution < -0.4 is 4.74 Å². The fraction of sp³-hybridized carbons (Fsp3) is 0.522. The number of fused-ring (bicyclic) bond motifs is 4. The Kier molecular flexibility index (Phi) is 25.4. The molecular weight excluding hydrogens is 1240 g/mol. The van der Waals surface area contributed by atoms with Gasteiger partial charge >= 0.3 is 5.97 Å². The zero-order chi connectivity index (χ0) is 67.8. The Morgan fingerprint density at radius 1 is 0.449 bits per heavy atom. The average molecular weight is 1350 g/mol. The molecule has 520 valence electrons. The molecule has 8 heteroatoms. The highest BCUT2D eigenvalue weighted by atomic mass is 32.1. The number of carbonyl (C=O) groups is 1. The predicted molar refractivity (Wildman–Crippen MR) is 425 cm³/mol. The maximum atomic E-state index is 12.0. The van der Waals surface area contributed by atoms with Crippen molar-refractivity contribution in [2.24, 2.45) is 11.8 Å². The maximum Gasteiger partial charge on any atom is 0.335 e. The van der Waals surface area contributed by atoms with Crippen LogP contribution in [0.15, 0.2) is 109 Å². The molecule has 0 saturated carbocycles. The smallest absolute Gasteiger partial charge is 0.335 e. The molecule has 11 aromatic rings. The number of benzene rings is 8. The highest BCUT2D eigenvalue weighted by molar-refractivity contribution is 7.19. The Bertz CT molecular complexity index is 4270. The number of hydrogen-bond acceptors (Lipinski definition) is 6. The number of rotatable bonds is 45. The van der Waals surface area contributed by atoms with Crippen LogP contribution >= 0.6 is 23.1 Å². The topological polar surface area (TPSA) is 77.2 Å². The van der Waals surface area contributed by atoms with Crippen molar-refractivity contribution in [3.63, 3.8) is 0 Å². The number of thiophene rings is 1. The van der Waals surface area contributed by atoms with Gasteiger partial charge < -0.3 is 14.4 Å². The van der Waals surface area contributed by atoms with Crippen molar-refractivity contribution in [1.82, 2.24) is 13.3 Å². The molecule has 0 bridgehead atoms. The minimum absolute atomic E-state index is 0.177. The van der Waals surface area contributed by atoms with Gasteiger partial charge in [0.05, 0.1) is 34.9 Å². The third-order valence-corrected chi connectivity index (χ3v) is 24.8. The molecule has 3 aromatic heterocycles. The second kappa shape index (κ2) is 34.8. The molecule has 0 aliphatic heterocycles. The summed E-state index contributed by atoms with van der Waals surface area (Å²) in [5.41, 5.74) is 14.8. The van der Waals surface area contributed by atoms with Gasteiger partial charge in [0.2, 0.25) is 0 Å². The molecular formula is C90H115N3O3S2. The molecule has 12 rings (SSSR count). The van der Waals surface area contributed by atoms with E-state index in [1.165, 1.54) is 316 Å². The Balaban J connectivity index is 1.04. The van der Waals surface area contributed by atoms with Crippen LogP contribution in [0.4, 0.5) is 0 Å². The van der Waals surface area contributed by atoms with Gasteiger partial charge in [0, 0.05) is 59.9 Å². The third-order valence-electron chi connectivity index (χ3n) is 23.0. The van der Waals surface area contributed by atoms with Crippen molar-refractivity contribution in [3.05, 3.63) is 126 Å². The first-order valence-corrected chi connectivity index (χ1v) is 41.3. The first kappa shape index (κ1) is 71.5. The normalized spacial score (nSPS) is 13.3. The number of ether oxygens (including phenoxy) is 1. The lowest BCUT2D eigenvalue weighted by Gasteiger charge is -2.40. The Labute approximate surface area is 596 Å². The monoisotopic (exact) mass is 1350 g/mol. The molecule has 0 saturated heterocycles. The number of unbranched alkanes of at least 4 members (excludes halogenated alkanes) is 24. The van der Waals surface area contributed by atoms with Crippen molar-refractivity contribution in [2.75, 3.05) is 6.61 Å². The lowest BCUT2D eigenvalue weighted by atomic mass is 9.63. The van der Waals surface area contributed by atoms with Crippen LogP contribution in [0.3, 0.4) is 0 Å². The van der Waals surface area contributed by atoms with Crippen LogP contribution in [0.5, 0.6) is 5.75 Å². The zero-order valence-corrected chi connectivity index (χ0v) is 62.5. The summed E-state index contributed by atoms with van der Waals surface area (Å²) >= 11 is 3.28. The van der Waals surface area contributed by atoms with Gasteiger partial charge in [0.25, 0.3) is 0 Å². The van der Waals surface area contributed by atoms with Crippen LogP contribution in [0, 0.1) is 11.8 Å². The number of aromatic nitrogens is 3. The van der Waals surface area contributed by atoms with Crippen LogP contribution in [-0.2, 0) is 12.0 Å². The molecule has 1 N–H and O–H groups in total. The summed E-state index contributed by atoms with van der Waals surface area (Å²) < 4.78 is 19.9. The molecule has 1 atom stereocenters. The number of nitrogens with zero attached hydrogens (tertiary/aromatic N) is 3. The third kappa shape index (κ3) is 15.6. The predicted octanol–water partition coefficient (Wildman–Crippen LogP) is 28.9. The molecule has 98 heavy (non-hydrogen) atoms. The molecule has 1 aliphatic carbocycles. The van der Waals surface area contributed by atoms with Crippen LogP contribution in [-0.4, -0.2) is 31.0 Å². The SMILES string of the molecule is CCCCCCCCC(CCCCCC)COc1ccc(-c2cc3c4c5c2cccc5c2ccc5c6c(cc(c4c62)n3CC(CCCCCC)CCCCCC)-c2sc(-c3ccc(-c4ccc(C(=O)O)cc4)c4nsnc34)cc2C5(CCCCCCCC)CCCCCCCC)cc1. The molecule has 1 unspecified atom stereocenters. The first-order valence-electron chi connectivity index (χ1n) is 39.7. The molecule has 0 spiro atoms. The van der Waals surface area contributed by atoms with E-state index >= 15 is 0 Å². The van der Waals surface area contributed by atoms with Gasteiger partial charge in [-0.1, -0.05) is 301 Å². The molecule has 0 fully saturated rings. The second-order valence-electron chi connectivity index (χ2n) is 30.0. The molecule has 0 amide bonds. The van der Waals surface area contributed by atoms with Gasteiger partial charge in [-0.2, -0.15) is 8.75 Å². The Morgan fingerprint density at radius 2 is 0.929 bits per heavy atom. The summed E-state index contributed by atoms with van der Waals surface area (Å²) in [5, 5.41) is 21.3. The van der Waals surface area contributed by atoms with Gasteiger partial charge in [0.1, 0.15) is 16.8 Å². The van der Waals surface area contributed by atoms with E-state index in [9.17, 15) is 9.90 Å². The minimum atomic E-state index is -0.921. The first-order chi connectivity index (χ1) is 48.2. The van der Waals surface area contributed by atoms with E-state index in [0.717, 1.165) is 59.5 Å². The van der Waals surface area contributed by atoms with E-state index in [2.05, 4.69) is 131 Å². The summed E-state index contributed by atoms with van der Waals surface area (Å²) in [7, 11) is 0. The molecule has 1 aliphatic rings. The Hall–Kier alpha value is -6.35. The molecule has 0 radical (unpaired) electrons. The quantitative estimate of drug-likeness (QED) is 0.0234. The number of carboxylic acid groups (broad SMARTS) is 1. The largest absolute Gasteiger partial charge is 0.493 e. The molecule has 8 aromatic carbocycles. The van der Waals surface area contributed by atoms with Crippen molar-refractivity contribution >= 4 is 94.2 Å². The fourth-order valence-electron chi connectivity index (χ4n) is 17.6. The van der Waals surface area contributed by atoms with Gasteiger partial charge in [0.15, 0.2) is 0 Å². The van der Waals surface area contributed by atoms with Crippen LogP contribution in [0.25, 0.3) is 108 Å². The van der Waals surface area contributed by atoms with Gasteiger partial charge in [-0.15, -0.1) is 11.3 Å². The van der Waals surface area contributed by atoms with Gasteiger partial charge in [-0.05, 0) is 142 Å². The molecule has 3 heterocycles. The second-order valence-corrected chi connectivity index (χ2v) is 31.6. The van der Waals surface area contributed by atoms with Crippen molar-refractivity contribution < 1.29 is 14.6 Å². The van der Waals surface area contributed by atoms with Crippen molar-refractivity contribution in [1.29, 1.82) is 0 Å². The summed E-state index contributed by atoms with van der Waals surface area (Å²) in [6.07, 6.45) is 46.2. The van der Waals surface area contributed by atoms with Gasteiger partial charge in [-0.25, -0.2) is 4.79 Å². The summed E-state index contributed by atoms with van der Waals surface area (Å²) in [4.78, 5) is 14.7. The maximum absolute atomic E-state index is 12.0. The van der Waals surface area contributed by atoms with Crippen molar-refractivity contribution in [3.8, 4) is 48.9 Å². The van der Waals surface area contributed by atoms with Crippen molar-refractivity contribution in [2.45, 2.75) is 285 Å². The van der Waals surface area contributed by atoms with Gasteiger partial charge in [-0.3, -0.25) is 0 Å². The highest BCUT2D eigenvalue weighted by Gasteiger charge is 2.44. The zero-order valence-electron chi connectivity index (χ0n) is 60.8. The summed E-state index contributed by atoms with van der Waals surface area (Å²) in [6.45, 7) is 15.8. The summed E-state index contributed by atoms with van der Waals surface area (Å²) in [6, 6.07) is 41.6. The van der Waals surface area contributed by atoms with Crippen LogP contribution in [0.1, 0.15) is 294 Å². The average Bonchev–Trinajstić information content (AvgIpc) is 1.41. The molecule has 6 nitrogen and oxygen atoms in total. The van der Waals surface area contributed by atoms with E-state index in [4.69, 9.17) is 13.5 Å². The van der Waals surface area contributed by atoms with E-state index < -0.39 is 5.97 Å². The summed E-state index contributed by atoms with van der Waals surface area (Å²) in [5.74, 6) is 1.24. The fourth-order valence-corrected chi connectivity index (χ4v) is 19.4. The van der Waals surface area contributed by atoms with E-state index in [-0.39, 0.29) is 11.0 Å². The van der Waals surface area contributed by atoms with E-state index in [0.29, 0.717) is 11.8 Å². The number of aromatic carboxylic acids is 1.